The molecule has 1 aromatic heterocycles. The predicted octanol–water partition coefficient (Wildman–Crippen LogP) is 1.06. The number of anilines is 2. The molecular formula is C13H23N5. The molecule has 5 nitrogen and oxygen atoms in total. The fraction of sp³-hybridized carbons (Fsp3) is 0.692. The van der Waals surface area contributed by atoms with Crippen LogP contribution in [0.25, 0.3) is 0 Å². The number of hydrogen-bond acceptors (Lipinski definition) is 5. The van der Waals surface area contributed by atoms with E-state index in [4.69, 9.17) is 5.73 Å². The Morgan fingerprint density at radius 2 is 2.06 bits per heavy atom. The molecule has 0 amide bonds. The minimum atomic E-state index is 0.174. The van der Waals surface area contributed by atoms with E-state index in [-0.39, 0.29) is 5.41 Å². The van der Waals surface area contributed by atoms with E-state index in [9.17, 15) is 0 Å². The maximum atomic E-state index is 5.87. The van der Waals surface area contributed by atoms with Crippen LogP contribution in [0.3, 0.4) is 0 Å². The van der Waals surface area contributed by atoms with Crippen molar-refractivity contribution in [2.24, 2.45) is 5.41 Å². The third-order valence-corrected chi connectivity index (χ3v) is 3.08. The lowest BCUT2D eigenvalue weighted by Crippen LogP contribution is -2.57. The van der Waals surface area contributed by atoms with E-state index in [2.05, 4.69) is 41.0 Å². The van der Waals surface area contributed by atoms with Crippen LogP contribution in [0, 0.1) is 5.41 Å². The lowest BCUT2D eigenvalue weighted by atomic mass is 9.92. The summed E-state index contributed by atoms with van der Waals surface area (Å²) < 4.78 is 0. The van der Waals surface area contributed by atoms with Gasteiger partial charge in [-0.15, -0.1) is 0 Å². The van der Waals surface area contributed by atoms with Gasteiger partial charge < -0.3 is 16.0 Å². The van der Waals surface area contributed by atoms with Crippen molar-refractivity contribution in [3.63, 3.8) is 0 Å². The van der Waals surface area contributed by atoms with Gasteiger partial charge in [-0.1, -0.05) is 20.8 Å². The van der Waals surface area contributed by atoms with Gasteiger partial charge >= 0.3 is 0 Å². The minimum absolute atomic E-state index is 0.174. The Bertz CT molecular complexity index is 418. The van der Waals surface area contributed by atoms with Crippen molar-refractivity contribution in [1.29, 1.82) is 0 Å². The maximum Gasteiger partial charge on any atom is 0.134 e. The summed E-state index contributed by atoms with van der Waals surface area (Å²) in [6.45, 7) is 8.52. The number of nitrogens with zero attached hydrogens (tertiary/aromatic N) is 3. The van der Waals surface area contributed by atoms with Crippen LogP contribution in [0.15, 0.2) is 6.07 Å². The number of nitrogens with two attached hydrogens (primary N) is 1. The van der Waals surface area contributed by atoms with E-state index >= 15 is 0 Å². The lowest BCUT2D eigenvalue weighted by molar-refractivity contribution is 0.399. The number of aromatic nitrogens is 2. The maximum absolute atomic E-state index is 5.87. The van der Waals surface area contributed by atoms with Gasteiger partial charge in [0.1, 0.15) is 17.5 Å². The molecular weight excluding hydrogens is 226 g/mol. The Morgan fingerprint density at radius 1 is 1.39 bits per heavy atom. The Labute approximate surface area is 109 Å². The summed E-state index contributed by atoms with van der Waals surface area (Å²) in [5.74, 6) is 2.35. The highest BCUT2D eigenvalue weighted by molar-refractivity contribution is 5.49. The molecule has 1 aliphatic rings. The van der Waals surface area contributed by atoms with Gasteiger partial charge in [0.15, 0.2) is 0 Å². The summed E-state index contributed by atoms with van der Waals surface area (Å²) in [4.78, 5) is 11.2. The molecule has 0 saturated carbocycles. The van der Waals surface area contributed by atoms with Gasteiger partial charge in [0, 0.05) is 31.6 Å². The standard InChI is InChI=1S/C13H23N5/c1-13(2,3)6-11-16-10(14)5-12(17-11)18-7-9(8-18)15-4/h5,9,15H,6-8H2,1-4H3,(H2,14,16,17). The summed E-state index contributed by atoms with van der Waals surface area (Å²) in [5, 5.41) is 3.25. The molecule has 100 valence electrons. The van der Waals surface area contributed by atoms with Crippen molar-refractivity contribution < 1.29 is 0 Å². The first-order valence-electron chi connectivity index (χ1n) is 6.43. The summed E-state index contributed by atoms with van der Waals surface area (Å²) in [7, 11) is 1.99. The molecule has 2 heterocycles. The summed E-state index contributed by atoms with van der Waals surface area (Å²) >= 11 is 0. The summed E-state index contributed by atoms with van der Waals surface area (Å²) in [5.41, 5.74) is 6.04. The Hall–Kier alpha value is -1.36. The van der Waals surface area contributed by atoms with Crippen molar-refractivity contribution in [2.45, 2.75) is 33.2 Å². The van der Waals surface area contributed by atoms with Gasteiger partial charge in [-0.3, -0.25) is 0 Å². The third kappa shape index (κ3) is 3.10. The molecule has 0 bridgehead atoms. The fourth-order valence-electron chi connectivity index (χ4n) is 2.07. The second-order valence-corrected chi connectivity index (χ2v) is 6.20. The van der Waals surface area contributed by atoms with Gasteiger partial charge in [0.05, 0.1) is 0 Å². The topological polar surface area (TPSA) is 67.1 Å². The van der Waals surface area contributed by atoms with E-state index < -0.39 is 0 Å². The smallest absolute Gasteiger partial charge is 0.134 e. The van der Waals surface area contributed by atoms with E-state index in [1.54, 1.807) is 0 Å². The van der Waals surface area contributed by atoms with E-state index in [1.165, 1.54) is 0 Å². The molecule has 2 rings (SSSR count). The molecule has 3 N–H and O–H groups in total. The molecule has 18 heavy (non-hydrogen) atoms. The summed E-state index contributed by atoms with van der Waals surface area (Å²) in [6, 6.07) is 2.42. The zero-order chi connectivity index (χ0) is 13.3. The van der Waals surface area contributed by atoms with Gasteiger partial charge in [-0.2, -0.15) is 0 Å². The molecule has 5 heteroatoms. The first-order chi connectivity index (χ1) is 8.37. The molecule has 0 aliphatic carbocycles. The Kier molecular flexibility index (Phi) is 3.43. The largest absolute Gasteiger partial charge is 0.384 e. The molecule has 1 aromatic rings. The zero-order valence-corrected chi connectivity index (χ0v) is 11.7. The molecule has 0 radical (unpaired) electrons. The minimum Gasteiger partial charge on any atom is -0.384 e. The van der Waals surface area contributed by atoms with E-state index in [0.717, 1.165) is 31.2 Å². The fourth-order valence-corrected chi connectivity index (χ4v) is 2.07. The van der Waals surface area contributed by atoms with Gasteiger partial charge in [-0.25, -0.2) is 9.97 Å². The molecule has 1 aliphatic heterocycles. The number of likely N-dealkylation sites (N-methyl/N-ethyl adjacent to an activating group) is 1. The van der Waals surface area contributed by atoms with Crippen LogP contribution in [0.2, 0.25) is 0 Å². The first kappa shape index (κ1) is 13.1. The quantitative estimate of drug-likeness (QED) is 0.838. The molecule has 1 saturated heterocycles. The number of nitrogens with one attached hydrogen (secondary N) is 1. The van der Waals surface area contributed by atoms with Crippen LogP contribution >= 0.6 is 0 Å². The van der Waals surface area contributed by atoms with Gasteiger partial charge in [0.25, 0.3) is 0 Å². The monoisotopic (exact) mass is 249 g/mol. The van der Waals surface area contributed by atoms with Crippen LogP contribution in [0.4, 0.5) is 11.6 Å². The second-order valence-electron chi connectivity index (χ2n) is 6.20. The van der Waals surface area contributed by atoms with Crippen molar-refractivity contribution in [3.05, 3.63) is 11.9 Å². The highest BCUT2D eigenvalue weighted by atomic mass is 15.3. The van der Waals surface area contributed by atoms with Gasteiger partial charge in [-0.05, 0) is 12.5 Å². The van der Waals surface area contributed by atoms with E-state index in [0.29, 0.717) is 11.9 Å². The van der Waals surface area contributed by atoms with E-state index in [1.807, 2.05) is 13.1 Å². The Balaban J connectivity index is 2.12. The average molecular weight is 249 g/mol. The van der Waals surface area contributed by atoms with Gasteiger partial charge in [0.2, 0.25) is 0 Å². The van der Waals surface area contributed by atoms with Crippen molar-refractivity contribution in [2.75, 3.05) is 30.8 Å². The number of rotatable bonds is 3. The van der Waals surface area contributed by atoms with Crippen molar-refractivity contribution in [3.8, 4) is 0 Å². The predicted molar refractivity (Wildman–Crippen MR) is 74.7 cm³/mol. The first-order valence-corrected chi connectivity index (χ1v) is 6.43. The highest BCUT2D eigenvalue weighted by Gasteiger charge is 2.27. The molecule has 1 fully saturated rings. The van der Waals surface area contributed by atoms with Crippen LogP contribution in [-0.4, -0.2) is 36.1 Å². The lowest BCUT2D eigenvalue weighted by Gasteiger charge is -2.40. The average Bonchev–Trinajstić information content (AvgIpc) is 2.11. The normalized spacial score (nSPS) is 16.8. The van der Waals surface area contributed by atoms with Crippen LogP contribution in [0.1, 0.15) is 26.6 Å². The van der Waals surface area contributed by atoms with Crippen LogP contribution < -0.4 is 16.0 Å². The van der Waals surface area contributed by atoms with Crippen LogP contribution in [0.5, 0.6) is 0 Å². The third-order valence-electron chi connectivity index (χ3n) is 3.08. The Morgan fingerprint density at radius 3 is 2.61 bits per heavy atom. The summed E-state index contributed by atoms with van der Waals surface area (Å²) in [6.07, 6.45) is 0.842. The second kappa shape index (κ2) is 4.72. The zero-order valence-electron chi connectivity index (χ0n) is 11.7. The molecule has 0 unspecified atom stereocenters. The molecule has 0 spiro atoms. The van der Waals surface area contributed by atoms with Crippen molar-refractivity contribution in [1.82, 2.24) is 15.3 Å². The SMILES string of the molecule is CNC1CN(c2cc(N)nc(CC(C)(C)C)n2)C1. The van der Waals surface area contributed by atoms with Crippen LogP contribution in [-0.2, 0) is 6.42 Å². The number of nitrogen functional groups attached to an aromatic ring is 1. The highest BCUT2D eigenvalue weighted by Crippen LogP contribution is 2.23. The molecule has 0 atom stereocenters. The molecule has 0 aromatic carbocycles. The van der Waals surface area contributed by atoms with Crippen molar-refractivity contribution >= 4 is 11.6 Å². The number of hydrogen-bond donors (Lipinski definition) is 2.